The molecule has 0 amide bonds. The molecular weight excluding hydrogens is 258 g/mol. The molecule has 3 heterocycles. The first-order chi connectivity index (χ1) is 8.81. The van der Waals surface area contributed by atoms with E-state index in [1.54, 1.807) is 0 Å². The van der Waals surface area contributed by atoms with E-state index in [0.717, 1.165) is 0 Å². The molecule has 0 radical (unpaired) electrons. The Hall–Kier alpha value is -0.640. The second kappa shape index (κ2) is 5.16. The van der Waals surface area contributed by atoms with Gasteiger partial charge in [0.05, 0.1) is 0 Å². The second-order valence-corrected chi connectivity index (χ2v) is 7.06. The summed E-state index contributed by atoms with van der Waals surface area (Å²) in [6.07, 6.45) is 5.09. The van der Waals surface area contributed by atoms with E-state index >= 15 is 0 Å². The lowest BCUT2D eigenvalue weighted by molar-refractivity contribution is 0.362. The molecule has 0 saturated carbocycles. The minimum atomic E-state index is 0.373. The third-order valence-electron chi connectivity index (χ3n) is 3.98. The highest BCUT2D eigenvalue weighted by atomic mass is 32.1. The Labute approximate surface area is 117 Å². The third kappa shape index (κ3) is 2.40. The van der Waals surface area contributed by atoms with Crippen LogP contribution in [0.5, 0.6) is 0 Å². The zero-order chi connectivity index (χ0) is 12.4. The summed E-state index contributed by atoms with van der Waals surface area (Å²) in [4.78, 5) is 2.91. The summed E-state index contributed by atoms with van der Waals surface area (Å²) >= 11 is 3.74. The lowest BCUT2D eigenvalue weighted by Crippen LogP contribution is -2.40. The topological polar surface area (TPSA) is 12.0 Å². The van der Waals surface area contributed by atoms with Gasteiger partial charge in [-0.05, 0) is 55.1 Å². The van der Waals surface area contributed by atoms with Gasteiger partial charge in [-0.25, -0.2) is 0 Å². The standard InChI is InChI=1S/C15H19NS2/c1-2-15(6-4-7-16-15)10-13-9-12(11-18-13)14-5-3-8-17-14/h3,5,8-9,11,16H,2,4,6-7,10H2,1H3. The van der Waals surface area contributed by atoms with Gasteiger partial charge in [-0.15, -0.1) is 22.7 Å². The first-order valence-corrected chi connectivity index (χ1v) is 8.44. The summed E-state index contributed by atoms with van der Waals surface area (Å²) in [7, 11) is 0. The fraction of sp³-hybridized carbons (Fsp3) is 0.467. The van der Waals surface area contributed by atoms with Crippen LogP contribution in [0, 0.1) is 0 Å². The molecule has 2 aromatic rings. The summed E-state index contributed by atoms with van der Waals surface area (Å²) in [5.41, 5.74) is 1.77. The molecule has 2 aromatic heterocycles. The van der Waals surface area contributed by atoms with Gasteiger partial charge in [0, 0.05) is 20.9 Å². The number of nitrogens with one attached hydrogen (secondary N) is 1. The lowest BCUT2D eigenvalue weighted by atomic mass is 9.89. The molecule has 0 aromatic carbocycles. The monoisotopic (exact) mass is 277 g/mol. The predicted octanol–water partition coefficient (Wildman–Crippen LogP) is 4.55. The normalized spacial score (nSPS) is 23.6. The molecule has 96 valence electrons. The van der Waals surface area contributed by atoms with Crippen LogP contribution in [-0.2, 0) is 6.42 Å². The Morgan fingerprint density at radius 3 is 3.00 bits per heavy atom. The predicted molar refractivity (Wildman–Crippen MR) is 81.6 cm³/mol. The molecule has 3 rings (SSSR count). The molecule has 1 aliphatic rings. The van der Waals surface area contributed by atoms with Crippen molar-refractivity contribution in [3.8, 4) is 10.4 Å². The molecule has 1 unspecified atom stereocenters. The van der Waals surface area contributed by atoms with Crippen LogP contribution in [0.15, 0.2) is 29.0 Å². The van der Waals surface area contributed by atoms with E-state index in [0.29, 0.717) is 5.54 Å². The molecule has 0 bridgehead atoms. The first-order valence-electron chi connectivity index (χ1n) is 6.68. The largest absolute Gasteiger partial charge is 0.311 e. The summed E-state index contributed by atoms with van der Waals surface area (Å²) in [5.74, 6) is 0. The Morgan fingerprint density at radius 1 is 1.39 bits per heavy atom. The molecule has 0 spiro atoms. The van der Waals surface area contributed by atoms with E-state index in [-0.39, 0.29) is 0 Å². The zero-order valence-corrected chi connectivity index (χ0v) is 12.4. The van der Waals surface area contributed by atoms with Crippen molar-refractivity contribution in [2.24, 2.45) is 0 Å². The van der Waals surface area contributed by atoms with Crippen molar-refractivity contribution in [1.82, 2.24) is 5.32 Å². The van der Waals surface area contributed by atoms with Crippen molar-refractivity contribution in [2.75, 3.05) is 6.54 Å². The summed E-state index contributed by atoms with van der Waals surface area (Å²) in [6.45, 7) is 3.50. The first kappa shape index (κ1) is 12.4. The molecule has 0 aliphatic carbocycles. The van der Waals surface area contributed by atoms with Crippen LogP contribution in [0.1, 0.15) is 31.1 Å². The number of thiophene rings is 2. The van der Waals surface area contributed by atoms with Crippen LogP contribution >= 0.6 is 22.7 Å². The van der Waals surface area contributed by atoms with Gasteiger partial charge in [0.25, 0.3) is 0 Å². The Morgan fingerprint density at radius 2 is 2.33 bits per heavy atom. The van der Waals surface area contributed by atoms with Gasteiger partial charge >= 0.3 is 0 Å². The summed E-state index contributed by atoms with van der Waals surface area (Å²) in [6, 6.07) is 6.72. The fourth-order valence-electron chi connectivity index (χ4n) is 2.83. The highest BCUT2D eigenvalue weighted by molar-refractivity contribution is 7.14. The van der Waals surface area contributed by atoms with Crippen LogP contribution in [0.4, 0.5) is 0 Å². The lowest BCUT2D eigenvalue weighted by Gasteiger charge is -2.27. The summed E-state index contributed by atoms with van der Waals surface area (Å²) < 4.78 is 0. The third-order valence-corrected chi connectivity index (χ3v) is 5.84. The second-order valence-electron chi connectivity index (χ2n) is 5.12. The van der Waals surface area contributed by atoms with Crippen LogP contribution in [0.25, 0.3) is 10.4 Å². The van der Waals surface area contributed by atoms with E-state index in [9.17, 15) is 0 Å². The van der Waals surface area contributed by atoms with Crippen molar-refractivity contribution in [1.29, 1.82) is 0 Å². The van der Waals surface area contributed by atoms with Crippen LogP contribution in [0.3, 0.4) is 0 Å². The van der Waals surface area contributed by atoms with Gasteiger partial charge in [0.15, 0.2) is 0 Å². The average molecular weight is 277 g/mol. The van der Waals surface area contributed by atoms with Gasteiger partial charge in [-0.1, -0.05) is 13.0 Å². The highest BCUT2D eigenvalue weighted by Crippen LogP contribution is 2.33. The highest BCUT2D eigenvalue weighted by Gasteiger charge is 2.31. The number of hydrogen-bond acceptors (Lipinski definition) is 3. The summed E-state index contributed by atoms with van der Waals surface area (Å²) in [5, 5.41) is 8.18. The minimum absolute atomic E-state index is 0.373. The molecule has 1 atom stereocenters. The van der Waals surface area contributed by atoms with E-state index in [2.05, 4.69) is 41.2 Å². The van der Waals surface area contributed by atoms with Gasteiger partial charge in [0.1, 0.15) is 0 Å². The SMILES string of the molecule is CCC1(Cc2cc(-c3cccs3)cs2)CCCN1. The maximum Gasteiger partial charge on any atom is 0.0351 e. The maximum atomic E-state index is 3.72. The van der Waals surface area contributed by atoms with Gasteiger partial charge in [-0.3, -0.25) is 0 Å². The van der Waals surface area contributed by atoms with E-state index in [1.165, 1.54) is 47.5 Å². The van der Waals surface area contributed by atoms with Gasteiger partial charge in [0.2, 0.25) is 0 Å². The maximum absolute atomic E-state index is 3.72. The quantitative estimate of drug-likeness (QED) is 0.864. The molecule has 1 N–H and O–H groups in total. The number of hydrogen-bond donors (Lipinski definition) is 1. The Balaban J connectivity index is 1.77. The minimum Gasteiger partial charge on any atom is -0.311 e. The van der Waals surface area contributed by atoms with E-state index in [1.807, 2.05) is 22.7 Å². The van der Waals surface area contributed by atoms with Gasteiger partial charge in [-0.2, -0.15) is 0 Å². The van der Waals surface area contributed by atoms with Crippen molar-refractivity contribution >= 4 is 22.7 Å². The van der Waals surface area contributed by atoms with E-state index in [4.69, 9.17) is 0 Å². The molecular formula is C15H19NS2. The Kier molecular flexibility index (Phi) is 3.55. The average Bonchev–Trinajstić information content (AvgIpc) is 3.10. The smallest absolute Gasteiger partial charge is 0.0351 e. The molecule has 1 nitrogen and oxygen atoms in total. The zero-order valence-electron chi connectivity index (χ0n) is 10.7. The fourth-order valence-corrected chi connectivity index (χ4v) is 4.64. The van der Waals surface area contributed by atoms with E-state index < -0.39 is 0 Å². The van der Waals surface area contributed by atoms with Crippen molar-refractivity contribution < 1.29 is 0 Å². The molecule has 1 fully saturated rings. The van der Waals surface area contributed by atoms with Crippen molar-refractivity contribution in [3.05, 3.63) is 33.8 Å². The van der Waals surface area contributed by atoms with Crippen LogP contribution < -0.4 is 5.32 Å². The van der Waals surface area contributed by atoms with Crippen molar-refractivity contribution in [3.63, 3.8) is 0 Å². The van der Waals surface area contributed by atoms with Crippen LogP contribution in [-0.4, -0.2) is 12.1 Å². The molecule has 1 saturated heterocycles. The number of rotatable bonds is 4. The Bertz CT molecular complexity index is 492. The molecule has 1 aliphatic heterocycles. The molecule has 18 heavy (non-hydrogen) atoms. The van der Waals surface area contributed by atoms with Crippen LogP contribution in [0.2, 0.25) is 0 Å². The molecule has 3 heteroatoms. The van der Waals surface area contributed by atoms with Gasteiger partial charge < -0.3 is 5.32 Å². The van der Waals surface area contributed by atoms with Crippen molar-refractivity contribution in [2.45, 2.75) is 38.1 Å².